The zero-order chi connectivity index (χ0) is 21.2. The zero-order valence-electron chi connectivity index (χ0n) is 14.9. The monoisotopic (exact) mass is 405 g/mol. The van der Waals surface area contributed by atoms with Crippen LogP contribution in [0, 0.1) is 0 Å². The van der Waals surface area contributed by atoms with Gasteiger partial charge in [0, 0.05) is 5.69 Å². The molecule has 3 rings (SSSR count). The summed E-state index contributed by atoms with van der Waals surface area (Å²) in [4.78, 5) is 40.5. The van der Waals surface area contributed by atoms with Gasteiger partial charge >= 0.3 is 11.9 Å². The summed E-state index contributed by atoms with van der Waals surface area (Å²) in [5.74, 6) is -1.57. The Labute approximate surface area is 160 Å². The molecule has 29 heavy (non-hydrogen) atoms. The van der Waals surface area contributed by atoms with Gasteiger partial charge in [0.1, 0.15) is 0 Å². The van der Waals surface area contributed by atoms with Crippen LogP contribution in [0.3, 0.4) is 0 Å². The Bertz CT molecular complexity index is 1160. The molecule has 0 bridgehead atoms. The third kappa shape index (κ3) is 4.57. The first-order valence-electron chi connectivity index (χ1n) is 8.25. The molecule has 1 heterocycles. The molecule has 0 spiro atoms. The number of nitrogens with zero attached hydrogens (tertiary/aromatic N) is 2. The first kappa shape index (κ1) is 20.0. The van der Waals surface area contributed by atoms with Crippen molar-refractivity contribution in [3.63, 3.8) is 0 Å². The predicted molar refractivity (Wildman–Crippen MR) is 98.0 cm³/mol. The molecule has 0 aliphatic carbocycles. The van der Waals surface area contributed by atoms with Crippen molar-refractivity contribution in [3.8, 4) is 0 Å². The third-order valence-electron chi connectivity index (χ3n) is 3.91. The molecule has 8 nitrogen and oxygen atoms in total. The van der Waals surface area contributed by atoms with Gasteiger partial charge in [-0.25, -0.2) is 4.79 Å². The van der Waals surface area contributed by atoms with E-state index < -0.39 is 40.8 Å². The second-order valence-electron chi connectivity index (χ2n) is 6.07. The van der Waals surface area contributed by atoms with Crippen molar-refractivity contribution in [2.75, 3.05) is 5.32 Å². The Morgan fingerprint density at radius 1 is 1.07 bits per heavy atom. The second kappa shape index (κ2) is 7.70. The van der Waals surface area contributed by atoms with Crippen molar-refractivity contribution in [1.82, 2.24) is 9.97 Å². The van der Waals surface area contributed by atoms with Gasteiger partial charge in [0.15, 0.2) is 5.78 Å². The zero-order valence-corrected chi connectivity index (χ0v) is 14.9. The number of carbonyl (C=O) groups excluding carboxylic acids is 2. The molecule has 1 unspecified atom stereocenters. The molecule has 150 valence electrons. The normalized spacial score (nSPS) is 13.0. The van der Waals surface area contributed by atoms with Crippen LogP contribution < -0.4 is 11.0 Å². The number of halogens is 3. The number of aromatic amines is 2. The van der Waals surface area contributed by atoms with Crippen LogP contribution in [-0.2, 0) is 15.8 Å². The van der Waals surface area contributed by atoms with Gasteiger partial charge in [0.25, 0.3) is 5.91 Å². The number of hydrogen-bond donors (Lipinski definition) is 3. The summed E-state index contributed by atoms with van der Waals surface area (Å²) in [5.41, 5.74) is -0.775. The van der Waals surface area contributed by atoms with Crippen LogP contribution in [0.5, 0.6) is 0 Å². The fraction of sp³-hybridized carbons (Fsp3) is 0.167. The summed E-state index contributed by atoms with van der Waals surface area (Å²) in [6.07, 6.45) is -4.66. The van der Waals surface area contributed by atoms with E-state index in [0.29, 0.717) is 11.0 Å². The highest BCUT2D eigenvalue weighted by Crippen LogP contribution is 2.36. The lowest BCUT2D eigenvalue weighted by Gasteiger charge is -2.11. The van der Waals surface area contributed by atoms with Crippen molar-refractivity contribution in [2.45, 2.75) is 19.1 Å². The van der Waals surface area contributed by atoms with E-state index in [2.05, 4.69) is 25.5 Å². The van der Waals surface area contributed by atoms with E-state index in [1.165, 1.54) is 30.3 Å². The van der Waals surface area contributed by atoms with Crippen molar-refractivity contribution in [1.29, 1.82) is 0 Å². The molecular weight excluding hydrogens is 391 g/mol. The molecule has 0 fully saturated rings. The number of nitrogens with one attached hydrogen (secondary N) is 3. The smallest absolute Gasteiger partial charge is 0.324 e. The SMILES string of the molecule is CC(=O)C(N=Nc1ccccc1C(F)(F)F)C(=O)Nc1ccc2[nH]c(=O)[nH]c2c1. The van der Waals surface area contributed by atoms with Crippen LogP contribution in [0.2, 0.25) is 0 Å². The summed E-state index contributed by atoms with van der Waals surface area (Å²) < 4.78 is 39.1. The largest absolute Gasteiger partial charge is 0.418 e. The van der Waals surface area contributed by atoms with Gasteiger partial charge in [-0.2, -0.15) is 23.4 Å². The first-order valence-corrected chi connectivity index (χ1v) is 8.25. The number of Topliss-reactive ketones (excluding diaryl/α,β-unsaturated/α-hetero) is 1. The number of rotatable bonds is 5. The first-order chi connectivity index (χ1) is 13.6. The van der Waals surface area contributed by atoms with Crippen LogP contribution in [0.25, 0.3) is 11.0 Å². The van der Waals surface area contributed by atoms with Gasteiger partial charge in [-0.1, -0.05) is 12.1 Å². The van der Waals surface area contributed by atoms with Crippen molar-refractivity contribution in [3.05, 3.63) is 58.5 Å². The molecule has 3 N–H and O–H groups in total. The maximum atomic E-state index is 13.0. The highest BCUT2D eigenvalue weighted by Gasteiger charge is 2.33. The number of hydrogen-bond acceptors (Lipinski definition) is 5. The molecule has 1 aromatic heterocycles. The van der Waals surface area contributed by atoms with Crippen molar-refractivity contribution in [2.24, 2.45) is 10.2 Å². The van der Waals surface area contributed by atoms with Crippen molar-refractivity contribution < 1.29 is 22.8 Å². The lowest BCUT2D eigenvalue weighted by Crippen LogP contribution is -2.31. The summed E-state index contributed by atoms with van der Waals surface area (Å²) in [6.45, 7) is 1.08. The summed E-state index contributed by atoms with van der Waals surface area (Å²) in [6, 6.07) is 7.26. The molecule has 0 saturated heterocycles. The van der Waals surface area contributed by atoms with Gasteiger partial charge in [-0.15, -0.1) is 0 Å². The Balaban J connectivity index is 1.84. The van der Waals surface area contributed by atoms with E-state index in [9.17, 15) is 27.6 Å². The van der Waals surface area contributed by atoms with E-state index in [0.717, 1.165) is 19.1 Å². The van der Waals surface area contributed by atoms with E-state index >= 15 is 0 Å². The standard InChI is InChI=1S/C18H14F3N5O3/c1-9(27)15(26-25-12-5-3-2-4-11(12)18(19,20)21)16(28)22-10-6-7-13-14(8-10)24-17(29)23-13/h2-8,15H,1H3,(H,22,28)(H2,23,24,29). The van der Waals surface area contributed by atoms with Crippen LogP contribution in [-0.4, -0.2) is 27.7 Å². The highest BCUT2D eigenvalue weighted by molar-refractivity contribution is 6.10. The maximum Gasteiger partial charge on any atom is 0.418 e. The number of amides is 1. The Morgan fingerprint density at radius 3 is 2.45 bits per heavy atom. The number of fused-ring (bicyclic) bond motifs is 1. The van der Waals surface area contributed by atoms with Crippen LogP contribution in [0.4, 0.5) is 24.5 Å². The summed E-state index contributed by atoms with van der Waals surface area (Å²) in [7, 11) is 0. The van der Waals surface area contributed by atoms with Gasteiger partial charge in [-0.05, 0) is 37.3 Å². The van der Waals surface area contributed by atoms with Crippen LogP contribution in [0.1, 0.15) is 12.5 Å². The Morgan fingerprint density at radius 2 is 1.76 bits per heavy atom. The number of imidazole rings is 1. The van der Waals surface area contributed by atoms with Gasteiger partial charge in [0.2, 0.25) is 6.04 Å². The summed E-state index contributed by atoms with van der Waals surface area (Å²) >= 11 is 0. The number of alkyl halides is 3. The minimum atomic E-state index is -4.66. The van der Waals surface area contributed by atoms with Gasteiger partial charge in [-0.3, -0.25) is 9.59 Å². The molecule has 1 amide bonds. The molecule has 2 aromatic carbocycles. The fourth-order valence-corrected chi connectivity index (χ4v) is 2.56. The molecule has 3 aromatic rings. The average Bonchev–Trinajstić information content (AvgIpc) is 3.00. The molecule has 0 saturated carbocycles. The third-order valence-corrected chi connectivity index (χ3v) is 3.91. The number of azo groups is 1. The highest BCUT2D eigenvalue weighted by atomic mass is 19.4. The fourth-order valence-electron chi connectivity index (χ4n) is 2.56. The van der Waals surface area contributed by atoms with Gasteiger partial charge < -0.3 is 15.3 Å². The predicted octanol–water partition coefficient (Wildman–Crippen LogP) is 3.56. The Hall–Kier alpha value is -3.76. The molecule has 0 aliphatic heterocycles. The Kier molecular flexibility index (Phi) is 5.31. The second-order valence-corrected chi connectivity index (χ2v) is 6.07. The molecule has 1 atom stereocenters. The number of H-pyrrole nitrogens is 2. The van der Waals surface area contributed by atoms with Crippen LogP contribution >= 0.6 is 0 Å². The van der Waals surface area contributed by atoms with Crippen LogP contribution in [0.15, 0.2) is 57.5 Å². The van der Waals surface area contributed by atoms with Gasteiger partial charge in [0.05, 0.1) is 22.3 Å². The lowest BCUT2D eigenvalue weighted by atomic mass is 10.2. The molecule has 0 radical (unpaired) electrons. The number of benzene rings is 2. The molecule has 11 heteroatoms. The number of ketones is 1. The molecule has 0 aliphatic rings. The number of carbonyl (C=O) groups is 2. The van der Waals surface area contributed by atoms with E-state index in [1.54, 1.807) is 0 Å². The lowest BCUT2D eigenvalue weighted by molar-refractivity contribution is -0.137. The van der Waals surface area contributed by atoms with E-state index in [1.807, 2.05) is 0 Å². The summed E-state index contributed by atoms with van der Waals surface area (Å²) in [5, 5.41) is 9.44. The topological polar surface area (TPSA) is 120 Å². The van der Waals surface area contributed by atoms with E-state index in [-0.39, 0.29) is 5.69 Å². The minimum absolute atomic E-state index is 0.259. The number of aromatic nitrogens is 2. The quantitative estimate of drug-likeness (QED) is 0.445. The minimum Gasteiger partial charge on any atom is -0.324 e. The maximum absolute atomic E-state index is 13.0. The molecular formula is C18H14F3N5O3. The average molecular weight is 405 g/mol. The number of anilines is 1. The van der Waals surface area contributed by atoms with E-state index in [4.69, 9.17) is 0 Å². The van der Waals surface area contributed by atoms with Crippen molar-refractivity contribution >= 4 is 34.1 Å².